The molecular weight excluding hydrogens is 416 g/mol. The van der Waals surface area contributed by atoms with E-state index in [1.54, 1.807) is 7.11 Å². The van der Waals surface area contributed by atoms with Gasteiger partial charge in [-0.05, 0) is 42.0 Å². The first kappa shape index (κ1) is 21.4. The minimum atomic E-state index is -0.0369. The van der Waals surface area contributed by atoms with Gasteiger partial charge < -0.3 is 14.2 Å². The van der Waals surface area contributed by atoms with Crippen molar-refractivity contribution in [1.82, 2.24) is 20.1 Å². The topological polar surface area (TPSA) is 72.5 Å². The molecule has 1 aliphatic heterocycles. The van der Waals surface area contributed by atoms with Crippen LogP contribution in [0.5, 0.6) is 11.5 Å². The molecule has 1 unspecified atom stereocenters. The number of benzene rings is 2. The average molecular weight is 445 g/mol. The second kappa shape index (κ2) is 10.0. The van der Waals surface area contributed by atoms with Crippen LogP contribution in [0.3, 0.4) is 0 Å². The molecule has 33 heavy (non-hydrogen) atoms. The zero-order valence-electron chi connectivity index (χ0n) is 18.7. The van der Waals surface area contributed by atoms with E-state index >= 15 is 0 Å². The first-order valence-electron chi connectivity index (χ1n) is 11.3. The van der Waals surface area contributed by atoms with Crippen molar-refractivity contribution in [3.63, 3.8) is 0 Å². The maximum absolute atomic E-state index is 6.04. The molecule has 1 atom stereocenters. The molecule has 0 aliphatic carbocycles. The SMILES string of the molecule is COc1cccc(OCCc2cc(C3CN(Cc4ccc5ncccc5c4)CCO3)n[nH]2)c1. The molecule has 0 amide bonds. The number of rotatable bonds is 8. The molecule has 0 bridgehead atoms. The molecule has 0 radical (unpaired) electrons. The zero-order valence-corrected chi connectivity index (χ0v) is 18.7. The number of hydrogen-bond acceptors (Lipinski definition) is 6. The second-order valence-corrected chi connectivity index (χ2v) is 8.22. The molecule has 2 aromatic heterocycles. The largest absolute Gasteiger partial charge is 0.497 e. The fourth-order valence-electron chi connectivity index (χ4n) is 4.15. The van der Waals surface area contributed by atoms with Gasteiger partial charge in [-0.25, -0.2) is 0 Å². The Morgan fingerprint density at radius 2 is 2.03 bits per heavy atom. The van der Waals surface area contributed by atoms with Gasteiger partial charge in [0.15, 0.2) is 0 Å². The Morgan fingerprint density at radius 1 is 1.09 bits per heavy atom. The summed E-state index contributed by atoms with van der Waals surface area (Å²) in [4.78, 5) is 6.83. The molecule has 1 N–H and O–H groups in total. The third-order valence-corrected chi connectivity index (χ3v) is 5.89. The predicted molar refractivity (Wildman–Crippen MR) is 126 cm³/mol. The lowest BCUT2D eigenvalue weighted by Crippen LogP contribution is -2.37. The van der Waals surface area contributed by atoms with E-state index in [9.17, 15) is 0 Å². The van der Waals surface area contributed by atoms with Crippen LogP contribution in [0.15, 0.2) is 66.9 Å². The number of H-pyrrole nitrogens is 1. The molecular formula is C26H28N4O3. The fraction of sp³-hybridized carbons (Fsp3) is 0.308. The molecule has 1 saturated heterocycles. The first-order valence-corrected chi connectivity index (χ1v) is 11.3. The van der Waals surface area contributed by atoms with Crippen LogP contribution in [0.4, 0.5) is 0 Å². The van der Waals surface area contributed by atoms with Crippen molar-refractivity contribution in [3.8, 4) is 11.5 Å². The van der Waals surface area contributed by atoms with E-state index in [0.29, 0.717) is 13.2 Å². The van der Waals surface area contributed by atoms with Crippen LogP contribution >= 0.6 is 0 Å². The van der Waals surface area contributed by atoms with Crippen molar-refractivity contribution < 1.29 is 14.2 Å². The van der Waals surface area contributed by atoms with E-state index in [-0.39, 0.29) is 6.10 Å². The first-order chi connectivity index (χ1) is 16.3. The fourth-order valence-corrected chi connectivity index (χ4v) is 4.15. The summed E-state index contributed by atoms with van der Waals surface area (Å²) in [5, 5.41) is 8.83. The summed E-state index contributed by atoms with van der Waals surface area (Å²) < 4.78 is 17.1. The summed E-state index contributed by atoms with van der Waals surface area (Å²) in [7, 11) is 1.65. The number of morpholine rings is 1. The second-order valence-electron chi connectivity index (χ2n) is 8.22. The summed E-state index contributed by atoms with van der Waals surface area (Å²) in [6.07, 6.45) is 2.54. The third-order valence-electron chi connectivity index (χ3n) is 5.89. The molecule has 3 heterocycles. The summed E-state index contributed by atoms with van der Waals surface area (Å²) >= 11 is 0. The van der Waals surface area contributed by atoms with Crippen LogP contribution in [0.2, 0.25) is 0 Å². The number of aromatic amines is 1. The van der Waals surface area contributed by atoms with Crippen LogP contribution in [-0.4, -0.2) is 53.5 Å². The van der Waals surface area contributed by atoms with Gasteiger partial charge >= 0.3 is 0 Å². The Kier molecular flexibility index (Phi) is 6.51. The van der Waals surface area contributed by atoms with Gasteiger partial charge in [-0.1, -0.05) is 18.2 Å². The van der Waals surface area contributed by atoms with E-state index in [2.05, 4.69) is 50.4 Å². The van der Waals surface area contributed by atoms with Crippen molar-refractivity contribution in [2.75, 3.05) is 33.4 Å². The number of nitrogens with zero attached hydrogens (tertiary/aromatic N) is 3. The van der Waals surface area contributed by atoms with Crippen LogP contribution in [0, 0.1) is 0 Å². The molecule has 1 aliphatic rings. The van der Waals surface area contributed by atoms with E-state index in [4.69, 9.17) is 14.2 Å². The van der Waals surface area contributed by atoms with Crippen molar-refractivity contribution in [1.29, 1.82) is 0 Å². The molecule has 170 valence electrons. The van der Waals surface area contributed by atoms with Crippen molar-refractivity contribution in [3.05, 3.63) is 83.8 Å². The Morgan fingerprint density at radius 3 is 2.97 bits per heavy atom. The Balaban J connectivity index is 1.16. The molecule has 1 fully saturated rings. The number of pyridine rings is 1. The van der Waals surface area contributed by atoms with Gasteiger partial charge in [0.05, 0.1) is 31.5 Å². The van der Waals surface area contributed by atoms with Gasteiger partial charge in [0.2, 0.25) is 0 Å². The molecule has 7 heteroatoms. The normalized spacial score (nSPS) is 16.7. The average Bonchev–Trinajstić information content (AvgIpc) is 3.33. The highest BCUT2D eigenvalue weighted by Crippen LogP contribution is 2.24. The molecule has 4 aromatic rings. The number of ether oxygens (including phenoxy) is 3. The Labute approximate surface area is 193 Å². The monoisotopic (exact) mass is 444 g/mol. The summed E-state index contributed by atoms with van der Waals surface area (Å²) in [5.74, 6) is 1.58. The van der Waals surface area contributed by atoms with E-state index < -0.39 is 0 Å². The highest BCUT2D eigenvalue weighted by atomic mass is 16.5. The van der Waals surface area contributed by atoms with E-state index in [1.807, 2.05) is 36.5 Å². The van der Waals surface area contributed by atoms with Crippen LogP contribution in [0.25, 0.3) is 10.9 Å². The molecule has 0 spiro atoms. The lowest BCUT2D eigenvalue weighted by Gasteiger charge is -2.32. The Bertz CT molecular complexity index is 1210. The van der Waals surface area contributed by atoms with Gasteiger partial charge in [-0.15, -0.1) is 0 Å². The van der Waals surface area contributed by atoms with Gasteiger partial charge in [-0.3, -0.25) is 15.0 Å². The van der Waals surface area contributed by atoms with E-state index in [1.165, 1.54) is 10.9 Å². The quantitative estimate of drug-likeness (QED) is 0.440. The molecule has 2 aromatic carbocycles. The number of aromatic nitrogens is 3. The summed E-state index contributed by atoms with van der Waals surface area (Å²) in [6, 6.07) is 20.3. The number of fused-ring (bicyclic) bond motifs is 1. The lowest BCUT2D eigenvalue weighted by molar-refractivity contribution is -0.0350. The van der Waals surface area contributed by atoms with Crippen molar-refractivity contribution >= 4 is 10.9 Å². The summed E-state index contributed by atoms with van der Waals surface area (Å²) in [5.41, 5.74) is 4.29. The van der Waals surface area contributed by atoms with Gasteiger partial charge in [-0.2, -0.15) is 5.10 Å². The predicted octanol–water partition coefficient (Wildman–Crippen LogP) is 4.16. The highest BCUT2D eigenvalue weighted by Gasteiger charge is 2.24. The molecule has 7 nitrogen and oxygen atoms in total. The lowest BCUT2D eigenvalue weighted by atomic mass is 10.1. The maximum atomic E-state index is 6.04. The molecule has 5 rings (SSSR count). The standard InChI is InChI=1S/C26H28N4O3/c1-31-22-5-2-6-23(16-22)32-12-9-21-15-25(29-28-21)26-18-30(11-13-33-26)17-19-7-8-24-20(14-19)4-3-10-27-24/h2-8,10,14-16,26H,9,11-13,17-18H2,1H3,(H,28,29). The van der Waals surface area contributed by atoms with Crippen molar-refractivity contribution in [2.24, 2.45) is 0 Å². The zero-order chi connectivity index (χ0) is 22.5. The van der Waals surface area contributed by atoms with Gasteiger partial charge in [0.1, 0.15) is 17.6 Å². The maximum Gasteiger partial charge on any atom is 0.123 e. The smallest absolute Gasteiger partial charge is 0.123 e. The number of nitrogens with one attached hydrogen (secondary N) is 1. The number of hydrogen-bond donors (Lipinski definition) is 1. The summed E-state index contributed by atoms with van der Waals surface area (Å²) in [6.45, 7) is 3.86. The van der Waals surface area contributed by atoms with Gasteiger partial charge in [0, 0.05) is 49.4 Å². The minimum Gasteiger partial charge on any atom is -0.497 e. The van der Waals surface area contributed by atoms with Crippen molar-refractivity contribution in [2.45, 2.75) is 19.1 Å². The number of methoxy groups -OCH3 is 1. The highest BCUT2D eigenvalue weighted by molar-refractivity contribution is 5.78. The molecule has 0 saturated carbocycles. The van der Waals surface area contributed by atoms with Crippen LogP contribution < -0.4 is 9.47 Å². The van der Waals surface area contributed by atoms with Crippen LogP contribution in [0.1, 0.15) is 23.1 Å². The Hall–Kier alpha value is -3.42. The third kappa shape index (κ3) is 5.32. The van der Waals surface area contributed by atoms with Crippen LogP contribution in [-0.2, 0) is 17.7 Å². The van der Waals surface area contributed by atoms with Gasteiger partial charge in [0.25, 0.3) is 0 Å². The minimum absolute atomic E-state index is 0.0369. The van der Waals surface area contributed by atoms with E-state index in [0.717, 1.165) is 54.5 Å².